The number of aliphatic hydroxyl groups is 1. The first kappa shape index (κ1) is 9.49. The second-order valence-corrected chi connectivity index (χ2v) is 2.93. The Kier molecular flexibility index (Phi) is 3.50. The lowest BCUT2D eigenvalue weighted by atomic mass is 10.1. The van der Waals surface area contributed by atoms with Gasteiger partial charge in [0.2, 0.25) is 0 Å². The molecule has 0 bridgehead atoms. The maximum Gasteiger partial charge on any atom is 0.123 e. The smallest absolute Gasteiger partial charge is 0.123 e. The molecule has 1 aromatic rings. The van der Waals surface area contributed by atoms with Crippen LogP contribution in [-0.4, -0.2) is 11.0 Å². The van der Waals surface area contributed by atoms with Gasteiger partial charge in [0.05, 0.1) is 6.10 Å². The van der Waals surface area contributed by atoms with Gasteiger partial charge in [0.15, 0.2) is 0 Å². The molecule has 66 valence electrons. The van der Waals surface area contributed by atoms with Gasteiger partial charge in [0.25, 0.3) is 0 Å². The number of halogens is 2. The molecule has 0 amide bonds. The van der Waals surface area contributed by atoms with Gasteiger partial charge in [0.1, 0.15) is 5.82 Å². The van der Waals surface area contributed by atoms with Gasteiger partial charge in [-0.05, 0) is 24.1 Å². The van der Waals surface area contributed by atoms with E-state index in [-0.39, 0.29) is 5.82 Å². The van der Waals surface area contributed by atoms with E-state index in [2.05, 4.69) is 0 Å². The van der Waals surface area contributed by atoms with E-state index in [1.807, 2.05) is 0 Å². The third-order valence-corrected chi connectivity index (χ3v) is 1.83. The van der Waals surface area contributed by atoms with Crippen molar-refractivity contribution < 1.29 is 9.50 Å². The fourth-order valence-corrected chi connectivity index (χ4v) is 1.19. The fourth-order valence-electron chi connectivity index (χ4n) is 0.984. The Morgan fingerprint density at radius 2 is 2.25 bits per heavy atom. The second-order valence-electron chi connectivity index (χ2n) is 2.55. The summed E-state index contributed by atoms with van der Waals surface area (Å²) in [6, 6.07) is 5.91. The third-order valence-electron chi connectivity index (χ3n) is 1.62. The van der Waals surface area contributed by atoms with Crippen molar-refractivity contribution in [3.63, 3.8) is 0 Å². The molecule has 0 saturated carbocycles. The van der Waals surface area contributed by atoms with Crippen molar-refractivity contribution in [2.24, 2.45) is 0 Å². The zero-order valence-electron chi connectivity index (χ0n) is 6.50. The summed E-state index contributed by atoms with van der Waals surface area (Å²) in [5, 5.41) is 9.39. The SMILES string of the molecule is O[C@H](CCCl)c1cccc(F)c1. The van der Waals surface area contributed by atoms with Crippen molar-refractivity contribution in [3.05, 3.63) is 35.6 Å². The molecule has 0 aromatic heterocycles. The molecule has 1 atom stereocenters. The Labute approximate surface area is 75.8 Å². The normalized spacial score (nSPS) is 12.9. The Bertz CT molecular complexity index is 252. The Morgan fingerprint density at radius 3 is 2.83 bits per heavy atom. The monoisotopic (exact) mass is 188 g/mol. The molecule has 1 aromatic carbocycles. The van der Waals surface area contributed by atoms with Gasteiger partial charge in [-0.1, -0.05) is 12.1 Å². The molecule has 0 spiro atoms. The molecule has 0 fully saturated rings. The van der Waals surface area contributed by atoms with E-state index in [9.17, 15) is 9.50 Å². The van der Waals surface area contributed by atoms with E-state index in [0.29, 0.717) is 17.9 Å². The van der Waals surface area contributed by atoms with Gasteiger partial charge in [0, 0.05) is 5.88 Å². The van der Waals surface area contributed by atoms with Crippen molar-refractivity contribution in [2.45, 2.75) is 12.5 Å². The maximum absolute atomic E-state index is 12.6. The van der Waals surface area contributed by atoms with Crippen LogP contribution in [0.1, 0.15) is 18.1 Å². The van der Waals surface area contributed by atoms with Crippen molar-refractivity contribution >= 4 is 11.6 Å². The van der Waals surface area contributed by atoms with Gasteiger partial charge in [-0.3, -0.25) is 0 Å². The quantitative estimate of drug-likeness (QED) is 0.723. The van der Waals surface area contributed by atoms with Crippen molar-refractivity contribution in [1.29, 1.82) is 0 Å². The predicted molar refractivity (Wildman–Crippen MR) is 46.7 cm³/mol. The summed E-state index contributed by atoms with van der Waals surface area (Å²) < 4.78 is 12.6. The summed E-state index contributed by atoms with van der Waals surface area (Å²) in [5.74, 6) is 0.0404. The first-order valence-electron chi connectivity index (χ1n) is 3.73. The Hall–Kier alpha value is -0.600. The molecule has 12 heavy (non-hydrogen) atoms. The van der Waals surface area contributed by atoms with Crippen LogP contribution in [-0.2, 0) is 0 Å². The lowest BCUT2D eigenvalue weighted by molar-refractivity contribution is 0.174. The summed E-state index contributed by atoms with van der Waals surface area (Å²) in [4.78, 5) is 0. The van der Waals surface area contributed by atoms with Crippen LogP contribution in [0.2, 0.25) is 0 Å². The number of aliphatic hydroxyl groups excluding tert-OH is 1. The zero-order valence-corrected chi connectivity index (χ0v) is 7.26. The highest BCUT2D eigenvalue weighted by molar-refractivity contribution is 6.17. The summed E-state index contributed by atoms with van der Waals surface area (Å²) in [7, 11) is 0. The Morgan fingerprint density at radius 1 is 1.50 bits per heavy atom. The minimum Gasteiger partial charge on any atom is -0.388 e. The summed E-state index contributed by atoms with van der Waals surface area (Å²) >= 11 is 5.43. The lowest BCUT2D eigenvalue weighted by Crippen LogP contribution is -1.98. The highest BCUT2D eigenvalue weighted by Crippen LogP contribution is 2.17. The molecule has 0 aliphatic carbocycles. The number of benzene rings is 1. The molecule has 0 unspecified atom stereocenters. The van der Waals surface area contributed by atoms with Crippen LogP contribution in [0.5, 0.6) is 0 Å². The highest BCUT2D eigenvalue weighted by atomic mass is 35.5. The molecular weight excluding hydrogens is 179 g/mol. The molecule has 1 nitrogen and oxygen atoms in total. The predicted octanol–water partition coefficient (Wildman–Crippen LogP) is 2.49. The van der Waals surface area contributed by atoms with E-state index in [0.717, 1.165) is 0 Å². The molecule has 0 heterocycles. The lowest BCUT2D eigenvalue weighted by Gasteiger charge is -2.07. The largest absolute Gasteiger partial charge is 0.388 e. The van der Waals surface area contributed by atoms with Crippen molar-refractivity contribution in [1.82, 2.24) is 0 Å². The molecule has 1 N–H and O–H groups in total. The summed E-state index contributed by atoms with van der Waals surface area (Å²) in [6.45, 7) is 0. The third kappa shape index (κ3) is 2.47. The van der Waals surface area contributed by atoms with Crippen LogP contribution in [0.25, 0.3) is 0 Å². The van der Waals surface area contributed by atoms with Gasteiger partial charge in [-0.2, -0.15) is 0 Å². The van der Waals surface area contributed by atoms with Crippen LogP contribution in [0.4, 0.5) is 4.39 Å². The Balaban J connectivity index is 2.73. The number of alkyl halides is 1. The number of hydrogen-bond donors (Lipinski definition) is 1. The molecule has 0 aliphatic heterocycles. The van der Waals surface area contributed by atoms with Crippen LogP contribution >= 0.6 is 11.6 Å². The fraction of sp³-hybridized carbons (Fsp3) is 0.333. The molecule has 0 saturated heterocycles. The molecule has 3 heteroatoms. The van der Waals surface area contributed by atoms with Gasteiger partial charge in [-0.15, -0.1) is 11.6 Å². The first-order valence-corrected chi connectivity index (χ1v) is 4.27. The summed E-state index contributed by atoms with van der Waals surface area (Å²) in [6.07, 6.45) is -0.205. The second kappa shape index (κ2) is 4.43. The number of rotatable bonds is 3. The molecular formula is C9H10ClFO. The van der Waals surface area contributed by atoms with Crippen molar-refractivity contribution in [2.75, 3.05) is 5.88 Å². The van der Waals surface area contributed by atoms with E-state index in [1.165, 1.54) is 12.1 Å². The van der Waals surface area contributed by atoms with E-state index in [1.54, 1.807) is 12.1 Å². The van der Waals surface area contributed by atoms with E-state index >= 15 is 0 Å². The van der Waals surface area contributed by atoms with Crippen LogP contribution < -0.4 is 0 Å². The number of hydrogen-bond acceptors (Lipinski definition) is 1. The first-order chi connectivity index (χ1) is 5.74. The minimum absolute atomic E-state index is 0.332. The average molecular weight is 189 g/mol. The maximum atomic E-state index is 12.6. The van der Waals surface area contributed by atoms with Crippen LogP contribution in [0.3, 0.4) is 0 Å². The molecule has 0 aliphatic rings. The molecule has 0 radical (unpaired) electrons. The summed E-state index contributed by atoms with van der Waals surface area (Å²) in [5.41, 5.74) is 0.579. The van der Waals surface area contributed by atoms with E-state index in [4.69, 9.17) is 11.6 Å². The van der Waals surface area contributed by atoms with Crippen molar-refractivity contribution in [3.8, 4) is 0 Å². The minimum atomic E-state index is -0.654. The van der Waals surface area contributed by atoms with Gasteiger partial charge < -0.3 is 5.11 Å². The average Bonchev–Trinajstić information content (AvgIpc) is 2.05. The van der Waals surface area contributed by atoms with Crippen LogP contribution in [0.15, 0.2) is 24.3 Å². The highest BCUT2D eigenvalue weighted by Gasteiger charge is 2.06. The van der Waals surface area contributed by atoms with Gasteiger partial charge in [-0.25, -0.2) is 4.39 Å². The molecule has 1 rings (SSSR count). The topological polar surface area (TPSA) is 20.2 Å². The zero-order chi connectivity index (χ0) is 8.97. The standard InChI is InChI=1S/C9H10ClFO/c10-5-4-9(12)7-2-1-3-8(11)6-7/h1-3,6,9,12H,4-5H2/t9-/m1/s1. The van der Waals surface area contributed by atoms with Gasteiger partial charge >= 0.3 is 0 Å². The van der Waals surface area contributed by atoms with E-state index < -0.39 is 6.10 Å². The van der Waals surface area contributed by atoms with Crippen LogP contribution in [0, 0.1) is 5.82 Å².